The molecule has 2 aliphatic rings. The third-order valence-electron chi connectivity index (χ3n) is 6.74. The van der Waals surface area contributed by atoms with E-state index in [1.807, 2.05) is 26.0 Å². The number of carbonyl (C=O) groups is 2. The zero-order valence-corrected chi connectivity index (χ0v) is 21.3. The molecule has 3 amide bonds. The van der Waals surface area contributed by atoms with Crippen molar-refractivity contribution < 1.29 is 18.7 Å². The number of urea groups is 1. The number of halogens is 1. The average Bonchev–Trinajstić information content (AvgIpc) is 3.50. The van der Waals surface area contributed by atoms with Gasteiger partial charge in [0, 0.05) is 57.4 Å². The second-order valence-electron chi connectivity index (χ2n) is 9.15. The molecule has 2 N–H and O–H groups in total. The van der Waals surface area contributed by atoms with Gasteiger partial charge in [0.2, 0.25) is 0 Å². The molecular formula is C28H35FN4O3. The van der Waals surface area contributed by atoms with Gasteiger partial charge in [-0.2, -0.15) is 5.26 Å². The van der Waals surface area contributed by atoms with Crippen LogP contribution in [-0.2, 0) is 16.8 Å². The van der Waals surface area contributed by atoms with Crippen molar-refractivity contribution >= 4 is 17.6 Å². The number of carbonyl (C=O) groups excluding carboxylic acids is 2. The Labute approximate surface area is 212 Å². The lowest BCUT2D eigenvalue weighted by Gasteiger charge is -2.37. The Morgan fingerprint density at radius 2 is 1.78 bits per heavy atom. The second kappa shape index (κ2) is 12.5. The third-order valence-corrected chi connectivity index (χ3v) is 6.74. The number of piperidine rings is 1. The predicted molar refractivity (Wildman–Crippen MR) is 138 cm³/mol. The second-order valence-corrected chi connectivity index (χ2v) is 9.15. The molecule has 0 spiro atoms. The van der Waals surface area contributed by atoms with Crippen molar-refractivity contribution in [2.45, 2.75) is 51.6 Å². The number of likely N-dealkylation sites (tertiary alicyclic amines) is 1. The summed E-state index contributed by atoms with van der Waals surface area (Å²) in [5.74, 6) is -0.165. The Hall–Kier alpha value is -3.44. The molecular weight excluding hydrogens is 459 g/mol. The summed E-state index contributed by atoms with van der Waals surface area (Å²) in [4.78, 5) is 26.7. The van der Waals surface area contributed by atoms with Crippen molar-refractivity contribution in [3.8, 4) is 6.07 Å². The van der Waals surface area contributed by atoms with Gasteiger partial charge in [-0.1, -0.05) is 25.1 Å². The van der Waals surface area contributed by atoms with Gasteiger partial charge in [-0.3, -0.25) is 4.79 Å². The smallest absolute Gasteiger partial charge is 0.318 e. The van der Waals surface area contributed by atoms with Gasteiger partial charge in [0.15, 0.2) is 0 Å². The van der Waals surface area contributed by atoms with Crippen LogP contribution in [0.4, 0.5) is 14.9 Å². The van der Waals surface area contributed by atoms with E-state index in [1.54, 1.807) is 35.2 Å². The SMILES string of the molecule is C1CCOC1.CCc1cc(C)c(C(=O)N2CCC(F)(c3ccc(C#N)cc3)CC2)cc1NC(=O)NC. The maximum atomic E-state index is 15.5. The van der Waals surface area contributed by atoms with Gasteiger partial charge < -0.3 is 20.3 Å². The van der Waals surface area contributed by atoms with E-state index in [-0.39, 0.29) is 24.8 Å². The molecule has 2 aromatic rings. The fourth-order valence-electron chi connectivity index (χ4n) is 4.47. The van der Waals surface area contributed by atoms with Crippen molar-refractivity contribution in [1.82, 2.24) is 10.2 Å². The summed E-state index contributed by atoms with van der Waals surface area (Å²) in [7, 11) is 1.53. The summed E-state index contributed by atoms with van der Waals surface area (Å²) < 4.78 is 20.5. The number of aryl methyl sites for hydroxylation is 2. The summed E-state index contributed by atoms with van der Waals surface area (Å²) in [6.07, 6.45) is 3.66. The number of nitrogens with one attached hydrogen (secondary N) is 2. The minimum absolute atomic E-state index is 0.165. The van der Waals surface area contributed by atoms with Crippen LogP contribution in [0.25, 0.3) is 0 Å². The topological polar surface area (TPSA) is 94.5 Å². The molecule has 2 aliphatic heterocycles. The van der Waals surface area contributed by atoms with Gasteiger partial charge in [-0.15, -0.1) is 0 Å². The van der Waals surface area contributed by atoms with Crippen molar-refractivity contribution in [2.24, 2.45) is 0 Å². The lowest BCUT2D eigenvalue weighted by molar-refractivity contribution is 0.0421. The Balaban J connectivity index is 0.000000642. The van der Waals surface area contributed by atoms with E-state index < -0.39 is 5.67 Å². The molecule has 2 fully saturated rings. The Morgan fingerprint density at radius 1 is 1.14 bits per heavy atom. The number of rotatable bonds is 4. The van der Waals surface area contributed by atoms with Crippen molar-refractivity contribution in [1.29, 1.82) is 5.26 Å². The highest BCUT2D eigenvalue weighted by atomic mass is 19.1. The maximum absolute atomic E-state index is 15.5. The van der Waals surface area contributed by atoms with Crippen molar-refractivity contribution in [3.05, 3.63) is 64.2 Å². The molecule has 0 atom stereocenters. The molecule has 2 saturated heterocycles. The molecule has 192 valence electrons. The van der Waals surface area contributed by atoms with Gasteiger partial charge in [-0.25, -0.2) is 9.18 Å². The molecule has 0 unspecified atom stereocenters. The number of nitriles is 1. The number of ether oxygens (including phenoxy) is 1. The number of amides is 3. The molecule has 8 heteroatoms. The number of hydrogen-bond donors (Lipinski definition) is 2. The number of benzene rings is 2. The van der Waals surface area contributed by atoms with Gasteiger partial charge >= 0.3 is 6.03 Å². The third kappa shape index (κ3) is 6.61. The lowest BCUT2D eigenvalue weighted by atomic mass is 9.85. The maximum Gasteiger partial charge on any atom is 0.318 e. The molecule has 0 aromatic heterocycles. The summed E-state index contributed by atoms with van der Waals surface area (Å²) in [6, 6.07) is 11.9. The van der Waals surface area contributed by atoms with E-state index >= 15 is 4.39 Å². The van der Waals surface area contributed by atoms with Crippen molar-refractivity contribution in [3.63, 3.8) is 0 Å². The first-order chi connectivity index (χ1) is 17.3. The Morgan fingerprint density at radius 3 is 2.28 bits per heavy atom. The van der Waals surface area contributed by atoms with E-state index in [0.717, 1.165) is 24.3 Å². The predicted octanol–water partition coefficient (Wildman–Crippen LogP) is 5.08. The average molecular weight is 495 g/mol. The van der Waals surface area contributed by atoms with Crippen LogP contribution in [0.3, 0.4) is 0 Å². The van der Waals surface area contributed by atoms with E-state index in [9.17, 15) is 9.59 Å². The fourth-order valence-corrected chi connectivity index (χ4v) is 4.47. The lowest BCUT2D eigenvalue weighted by Crippen LogP contribution is -2.43. The number of alkyl halides is 1. The fraction of sp³-hybridized carbons (Fsp3) is 0.464. The molecule has 0 radical (unpaired) electrons. The number of nitrogens with zero attached hydrogens (tertiary/aromatic N) is 2. The van der Waals surface area contributed by atoms with Crippen LogP contribution in [-0.4, -0.2) is 50.2 Å². The van der Waals surface area contributed by atoms with Crippen LogP contribution in [0, 0.1) is 18.3 Å². The van der Waals surface area contributed by atoms with Crippen LogP contribution in [0.15, 0.2) is 36.4 Å². The molecule has 4 rings (SSSR count). The first kappa shape index (κ1) is 27.2. The molecule has 0 saturated carbocycles. The molecule has 2 heterocycles. The molecule has 0 aliphatic carbocycles. The van der Waals surface area contributed by atoms with Gasteiger partial charge in [0.1, 0.15) is 5.67 Å². The van der Waals surface area contributed by atoms with Crippen molar-refractivity contribution in [2.75, 3.05) is 38.7 Å². The molecule has 2 aromatic carbocycles. The number of hydrogen-bond acceptors (Lipinski definition) is 4. The highest BCUT2D eigenvalue weighted by Crippen LogP contribution is 2.37. The largest absolute Gasteiger partial charge is 0.381 e. The zero-order chi connectivity index (χ0) is 26.1. The summed E-state index contributed by atoms with van der Waals surface area (Å²) in [5, 5.41) is 14.2. The standard InChI is InChI=1S/C24H27FN4O2.C4H8O/c1-4-18-13-16(2)20(14-21(18)28-23(31)27-3)22(30)29-11-9-24(25,10-12-29)19-7-5-17(15-26)6-8-19;1-2-4-5-3-1/h5-8,13-14H,4,9-12H2,1-3H3,(H2,27,28,31);1-4H2. The summed E-state index contributed by atoms with van der Waals surface area (Å²) in [5.41, 5.74) is 2.40. The van der Waals surface area contributed by atoms with Crippen LogP contribution in [0.5, 0.6) is 0 Å². The minimum atomic E-state index is -1.52. The summed E-state index contributed by atoms with van der Waals surface area (Å²) >= 11 is 0. The van der Waals surface area contributed by atoms with Crippen LogP contribution in [0.2, 0.25) is 0 Å². The van der Waals surface area contributed by atoms with Gasteiger partial charge in [-0.05, 0) is 61.1 Å². The summed E-state index contributed by atoms with van der Waals surface area (Å²) in [6.45, 7) is 6.45. The van der Waals surface area contributed by atoms with E-state index in [4.69, 9.17) is 10.00 Å². The molecule has 36 heavy (non-hydrogen) atoms. The van der Waals surface area contributed by atoms with Crippen LogP contribution in [0.1, 0.15) is 65.2 Å². The first-order valence-electron chi connectivity index (χ1n) is 12.5. The van der Waals surface area contributed by atoms with Crippen LogP contribution >= 0.6 is 0 Å². The van der Waals surface area contributed by atoms with Crippen LogP contribution < -0.4 is 10.6 Å². The Kier molecular flexibility index (Phi) is 9.43. The highest BCUT2D eigenvalue weighted by Gasteiger charge is 2.38. The number of anilines is 1. The molecule has 0 bridgehead atoms. The highest BCUT2D eigenvalue weighted by molar-refractivity contribution is 5.98. The minimum Gasteiger partial charge on any atom is -0.381 e. The first-order valence-corrected chi connectivity index (χ1v) is 12.5. The van der Waals surface area contributed by atoms with E-state index in [2.05, 4.69) is 10.6 Å². The molecule has 7 nitrogen and oxygen atoms in total. The zero-order valence-electron chi connectivity index (χ0n) is 21.3. The Bertz CT molecular complexity index is 1090. The quantitative estimate of drug-likeness (QED) is 0.620. The van der Waals surface area contributed by atoms with Gasteiger partial charge in [0.25, 0.3) is 5.91 Å². The van der Waals surface area contributed by atoms with Gasteiger partial charge in [0.05, 0.1) is 11.6 Å². The normalized spacial score (nSPS) is 16.4. The van der Waals surface area contributed by atoms with E-state index in [0.29, 0.717) is 41.9 Å². The van der Waals surface area contributed by atoms with E-state index in [1.165, 1.54) is 19.9 Å². The monoisotopic (exact) mass is 494 g/mol.